The van der Waals surface area contributed by atoms with Crippen LogP contribution >= 0.6 is 32.9 Å². The molecule has 110 valence electrons. The zero-order valence-electron chi connectivity index (χ0n) is 11.2. The molecule has 2 N–H and O–H groups in total. The molecule has 0 saturated heterocycles. The highest BCUT2D eigenvalue weighted by molar-refractivity contribution is 9.10. The van der Waals surface area contributed by atoms with Crippen LogP contribution in [0.1, 0.15) is 10.4 Å². The standard InChI is InChI=1S/C13H17BrN4O.BrH/c1-18-9-8-17-13(18)16-7-6-15-12(19)10-2-4-11(14)5-3-10;/h2-5H,6-9H2,1H3,(H,15,19)(H,16,17);1H. The maximum absolute atomic E-state index is 11.8. The fraction of sp³-hybridized carbons (Fsp3) is 0.385. The van der Waals surface area contributed by atoms with E-state index in [1.807, 2.05) is 19.2 Å². The summed E-state index contributed by atoms with van der Waals surface area (Å²) in [5.41, 5.74) is 0.665. The Morgan fingerprint density at radius 3 is 2.65 bits per heavy atom. The van der Waals surface area contributed by atoms with Crippen molar-refractivity contribution in [2.45, 2.75) is 0 Å². The molecule has 0 unspecified atom stereocenters. The van der Waals surface area contributed by atoms with Crippen LogP contribution in [0.4, 0.5) is 0 Å². The number of benzene rings is 1. The Labute approximate surface area is 137 Å². The smallest absolute Gasteiger partial charge is 0.251 e. The van der Waals surface area contributed by atoms with Gasteiger partial charge < -0.3 is 15.5 Å². The van der Waals surface area contributed by atoms with E-state index < -0.39 is 0 Å². The maximum Gasteiger partial charge on any atom is 0.251 e. The molecule has 0 saturated carbocycles. The summed E-state index contributed by atoms with van der Waals surface area (Å²) in [6, 6.07) is 7.30. The highest BCUT2D eigenvalue weighted by Gasteiger charge is 2.11. The van der Waals surface area contributed by atoms with Crippen LogP contribution in [0.2, 0.25) is 0 Å². The molecule has 0 aromatic heterocycles. The molecule has 1 aliphatic heterocycles. The van der Waals surface area contributed by atoms with Crippen LogP contribution in [0.15, 0.2) is 33.7 Å². The van der Waals surface area contributed by atoms with Crippen molar-refractivity contribution in [3.05, 3.63) is 34.3 Å². The lowest BCUT2D eigenvalue weighted by atomic mass is 10.2. The topological polar surface area (TPSA) is 56.7 Å². The SMILES string of the molecule is Br.CN1CCN=C1NCCNC(=O)c1ccc(Br)cc1. The Bertz CT molecular complexity index is 476. The number of nitrogens with one attached hydrogen (secondary N) is 2. The molecule has 5 nitrogen and oxygen atoms in total. The number of halogens is 2. The van der Waals surface area contributed by atoms with Gasteiger partial charge in [0.2, 0.25) is 0 Å². The Kier molecular flexibility index (Phi) is 7.01. The molecule has 20 heavy (non-hydrogen) atoms. The van der Waals surface area contributed by atoms with Gasteiger partial charge in [0.25, 0.3) is 5.91 Å². The minimum absolute atomic E-state index is 0. The number of likely N-dealkylation sites (N-methyl/N-ethyl adjacent to an activating group) is 1. The van der Waals surface area contributed by atoms with Crippen molar-refractivity contribution in [2.24, 2.45) is 4.99 Å². The molecule has 0 atom stereocenters. The van der Waals surface area contributed by atoms with E-state index in [4.69, 9.17) is 0 Å². The molecule has 2 rings (SSSR count). The summed E-state index contributed by atoms with van der Waals surface area (Å²) >= 11 is 3.34. The minimum Gasteiger partial charge on any atom is -0.354 e. The molecule has 1 aromatic carbocycles. The molecule has 1 heterocycles. The third-order valence-electron chi connectivity index (χ3n) is 2.86. The second-order valence-corrected chi connectivity index (χ2v) is 5.23. The number of carbonyl (C=O) groups excluding carboxylic acids is 1. The Morgan fingerprint density at radius 1 is 1.35 bits per heavy atom. The van der Waals surface area contributed by atoms with Crippen molar-refractivity contribution < 1.29 is 4.79 Å². The van der Waals surface area contributed by atoms with E-state index in [9.17, 15) is 4.79 Å². The third kappa shape index (κ3) is 4.79. The predicted molar refractivity (Wildman–Crippen MR) is 89.7 cm³/mol. The van der Waals surface area contributed by atoms with Crippen molar-refractivity contribution in [2.75, 3.05) is 33.2 Å². The molecular weight excluding hydrogens is 388 g/mol. The van der Waals surface area contributed by atoms with Crippen molar-refractivity contribution in [3.8, 4) is 0 Å². The van der Waals surface area contributed by atoms with Crippen molar-refractivity contribution in [1.29, 1.82) is 0 Å². The van der Waals surface area contributed by atoms with Gasteiger partial charge in [-0.3, -0.25) is 9.79 Å². The molecule has 1 aliphatic rings. The number of hydrogen-bond donors (Lipinski definition) is 2. The highest BCUT2D eigenvalue weighted by Crippen LogP contribution is 2.10. The van der Waals surface area contributed by atoms with Crippen LogP contribution in [-0.4, -0.2) is 50.0 Å². The molecule has 0 aliphatic carbocycles. The molecular formula is C13H18Br2N4O. The third-order valence-corrected chi connectivity index (χ3v) is 3.39. The summed E-state index contributed by atoms with van der Waals surface area (Å²) in [5.74, 6) is 0.842. The molecule has 1 amide bonds. The summed E-state index contributed by atoms with van der Waals surface area (Å²) in [7, 11) is 2.00. The normalized spacial score (nSPS) is 13.5. The number of rotatable bonds is 4. The first kappa shape index (κ1) is 17.0. The van der Waals surface area contributed by atoms with E-state index in [1.165, 1.54) is 0 Å². The quantitative estimate of drug-likeness (QED) is 0.749. The van der Waals surface area contributed by atoms with Crippen LogP contribution in [0.5, 0.6) is 0 Å². The minimum atomic E-state index is -0.0592. The molecule has 0 fully saturated rings. The summed E-state index contributed by atoms with van der Waals surface area (Å²) in [6.45, 7) is 3.03. The van der Waals surface area contributed by atoms with Gasteiger partial charge >= 0.3 is 0 Å². The van der Waals surface area contributed by atoms with Crippen LogP contribution < -0.4 is 10.6 Å². The number of nitrogens with zero attached hydrogens (tertiary/aromatic N) is 2. The molecule has 0 radical (unpaired) electrons. The van der Waals surface area contributed by atoms with Gasteiger partial charge in [-0.15, -0.1) is 17.0 Å². The summed E-state index contributed by atoms with van der Waals surface area (Å²) < 4.78 is 0.966. The second kappa shape index (κ2) is 8.26. The Morgan fingerprint density at radius 2 is 2.05 bits per heavy atom. The van der Waals surface area contributed by atoms with Crippen molar-refractivity contribution in [1.82, 2.24) is 15.5 Å². The van der Waals surface area contributed by atoms with Gasteiger partial charge in [0, 0.05) is 36.7 Å². The Hall–Kier alpha value is -1.08. The van der Waals surface area contributed by atoms with Crippen LogP contribution in [0, 0.1) is 0 Å². The first-order valence-electron chi connectivity index (χ1n) is 6.20. The zero-order valence-corrected chi connectivity index (χ0v) is 14.5. The number of aliphatic imine (C=N–C) groups is 1. The summed E-state index contributed by atoms with van der Waals surface area (Å²) in [5, 5.41) is 6.07. The number of amides is 1. The van der Waals surface area contributed by atoms with Crippen LogP contribution in [0.25, 0.3) is 0 Å². The number of guanidine groups is 1. The van der Waals surface area contributed by atoms with E-state index in [0.29, 0.717) is 18.7 Å². The summed E-state index contributed by atoms with van der Waals surface area (Å²) in [4.78, 5) is 18.2. The predicted octanol–water partition coefficient (Wildman–Crippen LogP) is 1.65. The lowest BCUT2D eigenvalue weighted by molar-refractivity contribution is 0.0954. The van der Waals surface area contributed by atoms with Gasteiger partial charge in [-0.2, -0.15) is 0 Å². The van der Waals surface area contributed by atoms with Crippen LogP contribution in [-0.2, 0) is 0 Å². The van der Waals surface area contributed by atoms with Crippen molar-refractivity contribution in [3.63, 3.8) is 0 Å². The van der Waals surface area contributed by atoms with Gasteiger partial charge in [-0.1, -0.05) is 15.9 Å². The number of hydrogen-bond acceptors (Lipinski definition) is 4. The van der Waals surface area contributed by atoms with E-state index in [-0.39, 0.29) is 22.9 Å². The average Bonchev–Trinajstić information content (AvgIpc) is 2.81. The monoisotopic (exact) mass is 404 g/mol. The molecule has 0 bridgehead atoms. The fourth-order valence-electron chi connectivity index (χ4n) is 1.78. The number of carbonyl (C=O) groups is 1. The molecule has 7 heteroatoms. The maximum atomic E-state index is 11.8. The summed E-state index contributed by atoms with van der Waals surface area (Å²) in [6.07, 6.45) is 0. The van der Waals surface area contributed by atoms with Gasteiger partial charge in [-0.25, -0.2) is 0 Å². The van der Waals surface area contributed by atoms with E-state index in [2.05, 4.69) is 36.5 Å². The Balaban J connectivity index is 0.00000200. The van der Waals surface area contributed by atoms with Crippen LogP contribution in [0.3, 0.4) is 0 Å². The first-order valence-corrected chi connectivity index (χ1v) is 6.99. The van der Waals surface area contributed by atoms with Gasteiger partial charge in [0.1, 0.15) is 0 Å². The lowest BCUT2D eigenvalue weighted by Gasteiger charge is -2.15. The highest BCUT2D eigenvalue weighted by atomic mass is 79.9. The van der Waals surface area contributed by atoms with Gasteiger partial charge in [0.05, 0.1) is 6.54 Å². The zero-order chi connectivity index (χ0) is 13.7. The van der Waals surface area contributed by atoms with E-state index in [1.54, 1.807) is 12.1 Å². The first-order chi connectivity index (χ1) is 9.16. The fourth-order valence-corrected chi connectivity index (χ4v) is 2.04. The largest absolute Gasteiger partial charge is 0.354 e. The lowest BCUT2D eigenvalue weighted by Crippen LogP contribution is -2.40. The van der Waals surface area contributed by atoms with Gasteiger partial charge in [0.15, 0.2) is 5.96 Å². The van der Waals surface area contributed by atoms with E-state index in [0.717, 1.165) is 23.5 Å². The molecule has 1 aromatic rings. The second-order valence-electron chi connectivity index (χ2n) is 4.32. The average molecular weight is 406 g/mol. The van der Waals surface area contributed by atoms with Gasteiger partial charge in [-0.05, 0) is 24.3 Å². The molecule has 0 spiro atoms. The van der Waals surface area contributed by atoms with Crippen molar-refractivity contribution >= 4 is 44.8 Å². The van der Waals surface area contributed by atoms with E-state index >= 15 is 0 Å².